The second kappa shape index (κ2) is 6.88. The Labute approximate surface area is 174 Å². The van der Waals surface area contributed by atoms with Gasteiger partial charge in [0.15, 0.2) is 0 Å². The minimum absolute atomic E-state index is 0.0882. The maximum Gasteiger partial charge on any atom is 0.416 e. The summed E-state index contributed by atoms with van der Waals surface area (Å²) in [4.78, 5) is 22.4. The van der Waals surface area contributed by atoms with E-state index in [1.165, 1.54) is 6.07 Å². The number of nitrogen functional groups attached to an aromatic ring is 1. The maximum absolute atomic E-state index is 13.3. The van der Waals surface area contributed by atoms with Crippen molar-refractivity contribution in [1.82, 2.24) is 14.9 Å². The fourth-order valence-corrected chi connectivity index (χ4v) is 4.24. The van der Waals surface area contributed by atoms with E-state index in [9.17, 15) is 18.0 Å². The predicted molar refractivity (Wildman–Crippen MR) is 105 cm³/mol. The van der Waals surface area contributed by atoms with Crippen LogP contribution < -0.4 is 10.5 Å². The number of amides is 1. The number of benzene rings is 1. The van der Waals surface area contributed by atoms with Crippen LogP contribution in [-0.4, -0.2) is 33.9 Å². The standard InChI is InChI=1S/C21H19F3N4O3/c1-2-28(16-9-31-17-5-10(21(22,23)24)3-4-11(16)17)20(29)15-6-14-18(26-15)12-7-30-8-13(12)19(25)27-14/h3-6,16,26H,2,7-9H2,1H3,(H2,25,27)/t16-/m1/s1. The molecule has 7 nitrogen and oxygen atoms in total. The smallest absolute Gasteiger partial charge is 0.416 e. The number of carbonyl (C=O) groups is 1. The Balaban J connectivity index is 1.49. The molecular formula is C21H19F3N4O3. The number of likely N-dealkylation sites (N-methyl/N-ethyl adjacent to an activating group) is 1. The molecule has 2 aromatic heterocycles. The number of pyridine rings is 1. The number of anilines is 1. The number of fused-ring (bicyclic) bond motifs is 4. The minimum Gasteiger partial charge on any atom is -0.491 e. The number of halogens is 3. The number of alkyl halides is 3. The van der Waals surface area contributed by atoms with Gasteiger partial charge in [0, 0.05) is 23.2 Å². The molecule has 0 spiro atoms. The van der Waals surface area contributed by atoms with Crippen molar-refractivity contribution in [2.24, 2.45) is 0 Å². The molecule has 4 heterocycles. The Bertz CT molecular complexity index is 1200. The summed E-state index contributed by atoms with van der Waals surface area (Å²) in [6, 6.07) is 4.51. The number of hydrogen-bond acceptors (Lipinski definition) is 5. The second-order valence-corrected chi connectivity index (χ2v) is 7.56. The predicted octanol–water partition coefficient (Wildman–Crippen LogP) is 3.79. The van der Waals surface area contributed by atoms with Crippen LogP contribution in [0.3, 0.4) is 0 Å². The summed E-state index contributed by atoms with van der Waals surface area (Å²) < 4.78 is 50.0. The van der Waals surface area contributed by atoms with Crippen molar-refractivity contribution in [2.75, 3.05) is 18.9 Å². The van der Waals surface area contributed by atoms with E-state index in [0.29, 0.717) is 47.9 Å². The van der Waals surface area contributed by atoms with Crippen LogP contribution >= 0.6 is 0 Å². The van der Waals surface area contributed by atoms with Gasteiger partial charge in [-0.1, -0.05) is 6.07 Å². The summed E-state index contributed by atoms with van der Waals surface area (Å²) in [6.07, 6.45) is -4.46. The zero-order chi connectivity index (χ0) is 21.9. The van der Waals surface area contributed by atoms with Crippen molar-refractivity contribution in [1.29, 1.82) is 0 Å². The fourth-order valence-electron chi connectivity index (χ4n) is 4.24. The second-order valence-electron chi connectivity index (χ2n) is 7.56. The molecule has 0 unspecified atom stereocenters. The van der Waals surface area contributed by atoms with Gasteiger partial charge < -0.3 is 25.1 Å². The van der Waals surface area contributed by atoms with E-state index in [0.717, 1.165) is 23.3 Å². The van der Waals surface area contributed by atoms with Gasteiger partial charge in [-0.2, -0.15) is 13.2 Å². The summed E-state index contributed by atoms with van der Waals surface area (Å²) in [5.41, 5.74) is 9.08. The lowest BCUT2D eigenvalue weighted by molar-refractivity contribution is -0.137. The molecule has 162 valence electrons. The number of ether oxygens (including phenoxy) is 2. The van der Waals surface area contributed by atoms with Crippen molar-refractivity contribution in [3.8, 4) is 5.75 Å². The molecule has 1 atom stereocenters. The highest BCUT2D eigenvalue weighted by Crippen LogP contribution is 2.41. The summed E-state index contributed by atoms with van der Waals surface area (Å²) in [7, 11) is 0. The third kappa shape index (κ3) is 3.09. The van der Waals surface area contributed by atoms with Crippen molar-refractivity contribution in [2.45, 2.75) is 32.4 Å². The number of nitrogens with zero attached hydrogens (tertiary/aromatic N) is 2. The fraction of sp³-hybridized carbons (Fsp3) is 0.333. The third-order valence-electron chi connectivity index (χ3n) is 5.81. The Morgan fingerprint density at radius 2 is 2.06 bits per heavy atom. The van der Waals surface area contributed by atoms with E-state index in [1.807, 2.05) is 6.92 Å². The molecule has 2 aliphatic heterocycles. The van der Waals surface area contributed by atoms with Gasteiger partial charge in [-0.3, -0.25) is 4.79 Å². The lowest BCUT2D eigenvalue weighted by atomic mass is 10.0. The van der Waals surface area contributed by atoms with Gasteiger partial charge in [0.05, 0.1) is 35.9 Å². The summed E-state index contributed by atoms with van der Waals surface area (Å²) in [6.45, 7) is 3.01. The van der Waals surface area contributed by atoms with E-state index in [-0.39, 0.29) is 18.3 Å². The Morgan fingerprint density at radius 3 is 2.81 bits per heavy atom. The highest BCUT2D eigenvalue weighted by molar-refractivity contribution is 5.98. The van der Waals surface area contributed by atoms with Gasteiger partial charge in [0.1, 0.15) is 23.9 Å². The third-order valence-corrected chi connectivity index (χ3v) is 5.81. The van der Waals surface area contributed by atoms with E-state index in [1.54, 1.807) is 11.0 Å². The molecule has 3 N–H and O–H groups in total. The van der Waals surface area contributed by atoms with Crippen molar-refractivity contribution >= 4 is 22.8 Å². The summed E-state index contributed by atoms with van der Waals surface area (Å²) in [5.74, 6) is 0.226. The van der Waals surface area contributed by atoms with Crippen LogP contribution in [0.1, 0.15) is 45.7 Å². The maximum atomic E-state index is 13.3. The average molecular weight is 432 g/mol. The molecule has 0 bridgehead atoms. The molecule has 31 heavy (non-hydrogen) atoms. The van der Waals surface area contributed by atoms with Crippen molar-refractivity contribution < 1.29 is 27.4 Å². The van der Waals surface area contributed by atoms with Crippen molar-refractivity contribution in [3.05, 3.63) is 52.2 Å². The molecule has 10 heteroatoms. The highest BCUT2D eigenvalue weighted by atomic mass is 19.4. The SMILES string of the molecule is CCN(C(=O)c1cc2nc(N)c3c(c2[nH]1)COC3)[C@@H]1COc2cc(C(F)(F)F)ccc21. The first kappa shape index (κ1) is 19.7. The van der Waals surface area contributed by atoms with Crippen LogP contribution in [0.15, 0.2) is 24.3 Å². The van der Waals surface area contributed by atoms with Crippen LogP contribution in [0, 0.1) is 0 Å². The first-order valence-corrected chi connectivity index (χ1v) is 9.80. The van der Waals surface area contributed by atoms with Gasteiger partial charge >= 0.3 is 6.18 Å². The number of aromatic amines is 1. The largest absolute Gasteiger partial charge is 0.491 e. The molecule has 0 saturated heterocycles. The van der Waals surface area contributed by atoms with Crippen LogP contribution in [0.5, 0.6) is 5.75 Å². The number of hydrogen-bond donors (Lipinski definition) is 2. The minimum atomic E-state index is -4.46. The van der Waals surface area contributed by atoms with Crippen molar-refractivity contribution in [3.63, 3.8) is 0 Å². The number of rotatable bonds is 3. The van der Waals surface area contributed by atoms with E-state index >= 15 is 0 Å². The lowest BCUT2D eigenvalue weighted by Gasteiger charge is -2.26. The number of nitrogens with one attached hydrogen (secondary N) is 1. The van der Waals surface area contributed by atoms with E-state index < -0.39 is 17.8 Å². The zero-order valence-corrected chi connectivity index (χ0v) is 16.5. The molecule has 1 aromatic carbocycles. The molecule has 0 radical (unpaired) electrons. The van der Waals surface area contributed by atoms with Crippen LogP contribution in [-0.2, 0) is 24.1 Å². The molecule has 3 aromatic rings. The monoisotopic (exact) mass is 432 g/mol. The Kier molecular flexibility index (Phi) is 4.37. The van der Waals surface area contributed by atoms with Gasteiger partial charge in [0.2, 0.25) is 0 Å². The van der Waals surface area contributed by atoms with Gasteiger partial charge in [-0.15, -0.1) is 0 Å². The molecule has 0 aliphatic carbocycles. The van der Waals surface area contributed by atoms with Crippen LogP contribution in [0.2, 0.25) is 0 Å². The number of carbonyl (C=O) groups excluding carboxylic acids is 1. The van der Waals surface area contributed by atoms with Crippen LogP contribution in [0.4, 0.5) is 19.0 Å². The Hall–Kier alpha value is -3.27. The number of nitrogens with two attached hydrogens (primary N) is 1. The van der Waals surface area contributed by atoms with Gasteiger partial charge in [-0.05, 0) is 25.1 Å². The molecule has 2 aliphatic rings. The first-order chi connectivity index (χ1) is 14.8. The normalized spacial score (nSPS) is 17.5. The zero-order valence-electron chi connectivity index (χ0n) is 16.5. The lowest BCUT2D eigenvalue weighted by Crippen LogP contribution is -2.35. The van der Waals surface area contributed by atoms with Gasteiger partial charge in [-0.25, -0.2) is 4.98 Å². The Morgan fingerprint density at radius 1 is 1.29 bits per heavy atom. The van der Waals surface area contributed by atoms with Gasteiger partial charge in [0.25, 0.3) is 5.91 Å². The molecule has 0 saturated carbocycles. The molecular weight excluding hydrogens is 413 g/mol. The highest BCUT2D eigenvalue weighted by Gasteiger charge is 2.37. The average Bonchev–Trinajstić information content (AvgIpc) is 3.45. The van der Waals surface area contributed by atoms with E-state index in [4.69, 9.17) is 15.2 Å². The summed E-state index contributed by atoms with van der Waals surface area (Å²) in [5, 5.41) is 0. The molecule has 0 fully saturated rings. The topological polar surface area (TPSA) is 93.5 Å². The first-order valence-electron chi connectivity index (χ1n) is 9.80. The number of aromatic nitrogens is 2. The molecule has 5 rings (SSSR count). The van der Waals surface area contributed by atoms with Crippen LogP contribution in [0.25, 0.3) is 11.0 Å². The molecule has 1 amide bonds. The number of H-pyrrole nitrogens is 1. The summed E-state index contributed by atoms with van der Waals surface area (Å²) >= 11 is 0. The quantitative estimate of drug-likeness (QED) is 0.657. The van der Waals surface area contributed by atoms with E-state index in [2.05, 4.69) is 9.97 Å².